The number of hydrogen-bond donors (Lipinski definition) is 1. The first-order valence-corrected chi connectivity index (χ1v) is 16.2. The number of likely N-dealkylation sites (tertiary alicyclic amines) is 1. The normalized spacial score (nSPS) is 18.1. The molecular weight excluding hydrogens is 564 g/mol. The van der Waals surface area contributed by atoms with E-state index in [1.807, 2.05) is 31.3 Å². The number of aryl methyl sites for hydroxylation is 2. The van der Waals surface area contributed by atoms with Crippen LogP contribution in [0.5, 0.6) is 0 Å². The second-order valence-electron chi connectivity index (χ2n) is 12.6. The topological polar surface area (TPSA) is 102 Å². The van der Waals surface area contributed by atoms with E-state index in [0.717, 1.165) is 74.3 Å². The minimum absolute atomic E-state index is 0.109. The number of esters is 1. The summed E-state index contributed by atoms with van der Waals surface area (Å²) in [5, 5.41) is 8.22. The molecule has 45 heavy (non-hydrogen) atoms. The van der Waals surface area contributed by atoms with Gasteiger partial charge in [-0.05, 0) is 99.6 Å². The van der Waals surface area contributed by atoms with Gasteiger partial charge in [0.2, 0.25) is 5.91 Å². The van der Waals surface area contributed by atoms with Gasteiger partial charge in [-0.3, -0.25) is 4.79 Å². The van der Waals surface area contributed by atoms with Crippen LogP contribution in [-0.4, -0.2) is 56.2 Å². The Bertz CT molecular complexity index is 1750. The van der Waals surface area contributed by atoms with Gasteiger partial charge >= 0.3 is 5.97 Å². The quantitative estimate of drug-likeness (QED) is 0.234. The van der Waals surface area contributed by atoms with Crippen molar-refractivity contribution in [1.82, 2.24) is 24.6 Å². The lowest BCUT2D eigenvalue weighted by molar-refractivity contribution is -0.133. The van der Waals surface area contributed by atoms with Crippen molar-refractivity contribution in [2.45, 2.75) is 71.3 Å². The van der Waals surface area contributed by atoms with Crippen molar-refractivity contribution in [3.05, 3.63) is 88.4 Å². The van der Waals surface area contributed by atoms with Crippen LogP contribution < -0.4 is 5.32 Å². The van der Waals surface area contributed by atoms with Gasteiger partial charge in [0.05, 0.1) is 30.2 Å². The zero-order chi connectivity index (χ0) is 31.1. The molecule has 2 fully saturated rings. The molecule has 232 valence electrons. The highest BCUT2D eigenvalue weighted by atomic mass is 16.5. The molecule has 4 heterocycles. The average Bonchev–Trinajstić information content (AvgIpc) is 3.72. The molecule has 1 saturated heterocycles. The van der Waals surface area contributed by atoms with Gasteiger partial charge in [0, 0.05) is 30.8 Å². The number of piperidine rings is 1. The first-order valence-electron chi connectivity index (χ1n) is 16.2. The molecule has 1 atom stereocenters. The van der Waals surface area contributed by atoms with Gasteiger partial charge in [0.15, 0.2) is 5.82 Å². The van der Waals surface area contributed by atoms with Crippen LogP contribution in [0.1, 0.15) is 89.3 Å². The van der Waals surface area contributed by atoms with Crippen molar-refractivity contribution in [2.75, 3.05) is 25.0 Å². The van der Waals surface area contributed by atoms with E-state index in [1.54, 1.807) is 17.8 Å². The number of rotatable bonds is 8. The van der Waals surface area contributed by atoms with Gasteiger partial charge in [-0.2, -0.15) is 5.10 Å². The lowest BCUT2D eigenvalue weighted by atomic mass is 9.89. The van der Waals surface area contributed by atoms with Crippen LogP contribution in [0.15, 0.2) is 54.9 Å². The molecule has 3 aromatic heterocycles. The lowest BCUT2D eigenvalue weighted by Crippen LogP contribution is -2.38. The highest BCUT2D eigenvalue weighted by Gasteiger charge is 2.35. The Balaban J connectivity index is 1.10. The average molecular weight is 605 g/mol. The smallest absolute Gasteiger partial charge is 0.341 e. The molecule has 3 aliphatic rings. The van der Waals surface area contributed by atoms with Crippen molar-refractivity contribution >= 4 is 17.7 Å². The summed E-state index contributed by atoms with van der Waals surface area (Å²) in [7, 11) is 0. The van der Waals surface area contributed by atoms with Crippen LogP contribution in [0.25, 0.3) is 17.1 Å². The largest absolute Gasteiger partial charge is 0.462 e. The molecule has 1 N–H and O–H groups in total. The first-order chi connectivity index (χ1) is 21.9. The monoisotopic (exact) mass is 604 g/mol. The predicted molar refractivity (Wildman–Crippen MR) is 172 cm³/mol. The SMILES string of the molecule is CCOC(=O)c1cnn(-c2cccc(-c3cccc4c3C(Nc3ncc(C5CCN(C(=O)C6CC6)CC5)cc3C)CC4)n2)c1C. The van der Waals surface area contributed by atoms with Crippen molar-refractivity contribution in [3.63, 3.8) is 0 Å². The molecule has 2 aliphatic carbocycles. The van der Waals surface area contributed by atoms with E-state index in [1.165, 1.54) is 16.7 Å². The van der Waals surface area contributed by atoms with Gasteiger partial charge < -0.3 is 15.0 Å². The number of anilines is 1. The maximum absolute atomic E-state index is 12.5. The van der Waals surface area contributed by atoms with Crippen LogP contribution in [0.4, 0.5) is 5.82 Å². The van der Waals surface area contributed by atoms with Crippen LogP contribution in [-0.2, 0) is 16.0 Å². The Morgan fingerprint density at radius 3 is 2.56 bits per heavy atom. The fourth-order valence-electron chi connectivity index (χ4n) is 6.95. The molecule has 1 aliphatic heterocycles. The van der Waals surface area contributed by atoms with E-state index < -0.39 is 0 Å². The zero-order valence-corrected chi connectivity index (χ0v) is 26.3. The van der Waals surface area contributed by atoms with E-state index in [0.29, 0.717) is 41.4 Å². The molecule has 0 radical (unpaired) electrons. The minimum Gasteiger partial charge on any atom is -0.462 e. The fourth-order valence-corrected chi connectivity index (χ4v) is 6.95. The summed E-state index contributed by atoms with van der Waals surface area (Å²) in [5.41, 5.74) is 8.06. The number of ether oxygens (including phenoxy) is 1. The van der Waals surface area contributed by atoms with E-state index in [-0.39, 0.29) is 12.0 Å². The van der Waals surface area contributed by atoms with E-state index >= 15 is 0 Å². The fraction of sp³-hybridized carbons (Fsp3) is 0.417. The number of amides is 1. The second-order valence-corrected chi connectivity index (χ2v) is 12.6. The van der Waals surface area contributed by atoms with E-state index in [2.05, 4.69) is 46.5 Å². The lowest BCUT2D eigenvalue weighted by Gasteiger charge is -2.32. The van der Waals surface area contributed by atoms with Gasteiger partial charge in [0.25, 0.3) is 0 Å². The van der Waals surface area contributed by atoms with Gasteiger partial charge in [-0.1, -0.05) is 30.3 Å². The summed E-state index contributed by atoms with van der Waals surface area (Å²) < 4.78 is 6.88. The predicted octanol–water partition coefficient (Wildman–Crippen LogP) is 6.34. The summed E-state index contributed by atoms with van der Waals surface area (Å²) in [6.45, 7) is 7.79. The molecule has 1 unspecified atom stereocenters. The summed E-state index contributed by atoms with van der Waals surface area (Å²) in [6, 6.07) is 14.7. The Labute approximate surface area is 264 Å². The maximum Gasteiger partial charge on any atom is 0.341 e. The number of hydrogen-bond acceptors (Lipinski definition) is 7. The van der Waals surface area contributed by atoms with E-state index in [4.69, 9.17) is 14.7 Å². The second kappa shape index (κ2) is 12.1. The summed E-state index contributed by atoms with van der Waals surface area (Å²) in [5.74, 6) is 2.28. The molecule has 9 heteroatoms. The van der Waals surface area contributed by atoms with Crippen LogP contribution in [0.2, 0.25) is 0 Å². The molecule has 1 amide bonds. The molecule has 0 bridgehead atoms. The van der Waals surface area contributed by atoms with Crippen LogP contribution >= 0.6 is 0 Å². The number of nitrogens with zero attached hydrogens (tertiary/aromatic N) is 5. The molecular formula is C36H40N6O3. The Hall–Kier alpha value is -4.53. The maximum atomic E-state index is 12.5. The Morgan fingerprint density at radius 2 is 1.80 bits per heavy atom. The number of benzene rings is 1. The molecule has 4 aromatic rings. The van der Waals surface area contributed by atoms with Crippen LogP contribution in [0, 0.1) is 19.8 Å². The van der Waals surface area contributed by atoms with Crippen molar-refractivity contribution in [2.24, 2.45) is 5.92 Å². The van der Waals surface area contributed by atoms with Gasteiger partial charge in [-0.15, -0.1) is 0 Å². The van der Waals surface area contributed by atoms with Gasteiger partial charge in [0.1, 0.15) is 11.4 Å². The number of aromatic nitrogens is 4. The number of fused-ring (bicyclic) bond motifs is 1. The molecule has 0 spiro atoms. The summed E-state index contributed by atoms with van der Waals surface area (Å²) >= 11 is 0. The minimum atomic E-state index is -0.380. The Kier molecular flexibility index (Phi) is 7.85. The number of pyridine rings is 2. The summed E-state index contributed by atoms with van der Waals surface area (Å²) in [6.07, 6.45) is 9.66. The standard InChI is InChI=1S/C36H40N6O3/c1-4-45-36(44)29-21-38-42(23(29)3)32-10-6-9-30(39-32)28-8-5-7-25-13-14-31(33(25)28)40-34-22(2)19-27(20-37-34)24-15-17-41(18-16-24)35(43)26-11-12-26/h5-10,19-21,24,26,31H,4,11-18H2,1-3H3,(H,37,40). The number of nitrogens with one attached hydrogen (secondary N) is 1. The highest BCUT2D eigenvalue weighted by Crippen LogP contribution is 2.41. The van der Waals surface area contributed by atoms with Gasteiger partial charge in [-0.25, -0.2) is 19.4 Å². The highest BCUT2D eigenvalue weighted by molar-refractivity contribution is 5.90. The first kappa shape index (κ1) is 29.2. The zero-order valence-electron chi connectivity index (χ0n) is 26.3. The third kappa shape index (κ3) is 5.72. The molecule has 9 nitrogen and oxygen atoms in total. The summed E-state index contributed by atoms with van der Waals surface area (Å²) in [4.78, 5) is 36.9. The molecule has 1 aromatic carbocycles. The van der Waals surface area contributed by atoms with Crippen molar-refractivity contribution < 1.29 is 14.3 Å². The third-order valence-corrected chi connectivity index (χ3v) is 9.59. The van der Waals surface area contributed by atoms with Crippen molar-refractivity contribution in [1.29, 1.82) is 0 Å². The van der Waals surface area contributed by atoms with Crippen molar-refractivity contribution in [3.8, 4) is 17.1 Å². The number of carbonyl (C=O) groups excluding carboxylic acids is 2. The van der Waals surface area contributed by atoms with E-state index in [9.17, 15) is 9.59 Å². The Morgan fingerprint density at radius 1 is 1.00 bits per heavy atom. The third-order valence-electron chi connectivity index (χ3n) is 9.59. The number of carbonyl (C=O) groups is 2. The molecule has 1 saturated carbocycles. The van der Waals surface area contributed by atoms with Crippen LogP contribution in [0.3, 0.4) is 0 Å². The molecule has 7 rings (SSSR count).